The van der Waals surface area contributed by atoms with Crippen molar-refractivity contribution < 1.29 is 9.53 Å². The zero-order valence-corrected chi connectivity index (χ0v) is 17.9. The van der Waals surface area contributed by atoms with Gasteiger partial charge in [-0.2, -0.15) is 0 Å². The van der Waals surface area contributed by atoms with Crippen molar-refractivity contribution in [3.63, 3.8) is 0 Å². The first-order valence-corrected chi connectivity index (χ1v) is 11.1. The van der Waals surface area contributed by atoms with Crippen molar-refractivity contribution in [3.05, 3.63) is 29.8 Å². The summed E-state index contributed by atoms with van der Waals surface area (Å²) in [6, 6.07) is 8.62. The quantitative estimate of drug-likeness (QED) is 0.379. The van der Waals surface area contributed by atoms with Crippen molar-refractivity contribution in [2.45, 2.75) is 103 Å². The highest BCUT2D eigenvalue weighted by Crippen LogP contribution is 2.34. The maximum absolute atomic E-state index is 13.0. The molecule has 3 heteroatoms. The topological polar surface area (TPSA) is 29.5 Å². The van der Waals surface area contributed by atoms with E-state index in [0.29, 0.717) is 6.04 Å². The molecule has 2 atom stereocenters. The number of carbonyl (C=O) groups excluding carboxylic acids is 1. The third-order valence-electron chi connectivity index (χ3n) is 5.82. The predicted molar refractivity (Wildman–Crippen MR) is 113 cm³/mol. The summed E-state index contributed by atoms with van der Waals surface area (Å²) in [5.41, 5.74) is 1.06. The molecule has 0 bridgehead atoms. The molecule has 0 saturated heterocycles. The summed E-state index contributed by atoms with van der Waals surface area (Å²) in [5.74, 6) is 1.04. The fourth-order valence-electron chi connectivity index (χ4n) is 3.79. The number of likely N-dealkylation sites (N-methyl/N-ethyl adjacent to an activating group) is 1. The van der Waals surface area contributed by atoms with Gasteiger partial charge in [-0.25, -0.2) is 0 Å². The Morgan fingerprint density at radius 2 is 1.78 bits per heavy atom. The van der Waals surface area contributed by atoms with Gasteiger partial charge in [0, 0.05) is 18.7 Å². The molecule has 0 aromatic heterocycles. The van der Waals surface area contributed by atoms with E-state index in [0.717, 1.165) is 43.4 Å². The number of benzene rings is 1. The van der Waals surface area contributed by atoms with E-state index in [9.17, 15) is 4.79 Å². The van der Waals surface area contributed by atoms with Gasteiger partial charge in [0.15, 0.2) is 0 Å². The fraction of sp³-hybridized carbons (Fsp3) is 0.708. The summed E-state index contributed by atoms with van der Waals surface area (Å²) < 4.78 is 6.42. The number of hydrogen-bond acceptors (Lipinski definition) is 2. The van der Waals surface area contributed by atoms with E-state index in [4.69, 9.17) is 4.74 Å². The van der Waals surface area contributed by atoms with E-state index in [1.807, 2.05) is 30.1 Å². The molecule has 0 aliphatic heterocycles. The Hall–Kier alpha value is -1.51. The van der Waals surface area contributed by atoms with Crippen molar-refractivity contribution in [2.75, 3.05) is 7.05 Å². The molecule has 0 radical (unpaired) electrons. The van der Waals surface area contributed by atoms with Crippen molar-refractivity contribution in [1.82, 2.24) is 4.90 Å². The van der Waals surface area contributed by atoms with Crippen LogP contribution in [0.15, 0.2) is 24.3 Å². The first kappa shape index (κ1) is 21.8. The average Bonchev–Trinajstić information content (AvgIpc) is 3.53. The highest BCUT2D eigenvalue weighted by Gasteiger charge is 2.34. The molecule has 2 unspecified atom stereocenters. The van der Waals surface area contributed by atoms with Gasteiger partial charge in [-0.15, -0.1) is 0 Å². The largest absolute Gasteiger partial charge is 0.490 e. The Morgan fingerprint density at radius 1 is 1.07 bits per heavy atom. The standard InChI is InChI=1S/C24H39NO2/c1-5-8-9-10-11-14-20(6-2)27-23-16-13-12-15-22(23)21(7-3)24(26)25(4)19-17-18-19/h12-13,15-16,19-21H,5-11,14,17-18H2,1-4H3. The van der Waals surface area contributed by atoms with E-state index in [-0.39, 0.29) is 17.9 Å². The highest BCUT2D eigenvalue weighted by atomic mass is 16.5. The van der Waals surface area contributed by atoms with Crippen molar-refractivity contribution in [2.24, 2.45) is 0 Å². The summed E-state index contributed by atoms with van der Waals surface area (Å²) >= 11 is 0. The summed E-state index contributed by atoms with van der Waals surface area (Å²) in [4.78, 5) is 15.0. The lowest BCUT2D eigenvalue weighted by Crippen LogP contribution is -2.33. The third-order valence-corrected chi connectivity index (χ3v) is 5.82. The molecule has 2 rings (SSSR count). The van der Waals surface area contributed by atoms with Crippen LogP contribution < -0.4 is 4.74 Å². The SMILES string of the molecule is CCCCCCCC(CC)Oc1ccccc1C(CC)C(=O)N(C)C1CC1. The van der Waals surface area contributed by atoms with Crippen LogP contribution in [0, 0.1) is 0 Å². The molecule has 3 nitrogen and oxygen atoms in total. The van der Waals surface area contributed by atoms with Crippen molar-refractivity contribution in [1.29, 1.82) is 0 Å². The van der Waals surface area contributed by atoms with Gasteiger partial charge in [-0.1, -0.05) is 64.7 Å². The molecular weight excluding hydrogens is 334 g/mol. The summed E-state index contributed by atoms with van der Waals surface area (Å²) in [6.07, 6.45) is 11.9. The summed E-state index contributed by atoms with van der Waals surface area (Å²) in [5, 5.41) is 0. The molecular formula is C24H39NO2. The molecule has 1 aromatic carbocycles. The summed E-state index contributed by atoms with van der Waals surface area (Å²) in [7, 11) is 1.96. The van der Waals surface area contributed by atoms with E-state index < -0.39 is 0 Å². The molecule has 1 aliphatic rings. The maximum Gasteiger partial charge on any atom is 0.230 e. The van der Waals surface area contributed by atoms with Crippen LogP contribution in [-0.2, 0) is 4.79 Å². The first-order valence-electron chi connectivity index (χ1n) is 11.1. The second-order valence-corrected chi connectivity index (χ2v) is 8.03. The van der Waals surface area contributed by atoms with Gasteiger partial charge in [0.25, 0.3) is 0 Å². The second kappa shape index (κ2) is 11.4. The zero-order valence-electron chi connectivity index (χ0n) is 17.9. The van der Waals surface area contributed by atoms with Crippen LogP contribution in [-0.4, -0.2) is 30.0 Å². The number of nitrogens with zero attached hydrogens (tertiary/aromatic N) is 1. The van der Waals surface area contributed by atoms with Gasteiger partial charge in [-0.05, 0) is 44.6 Å². The Bertz CT molecular complexity index is 567. The van der Waals surface area contributed by atoms with Crippen LogP contribution in [0.25, 0.3) is 0 Å². The van der Waals surface area contributed by atoms with Gasteiger partial charge in [-0.3, -0.25) is 4.79 Å². The number of rotatable bonds is 13. The third kappa shape index (κ3) is 6.55. The Labute approximate surface area is 166 Å². The predicted octanol–water partition coefficient (Wildman–Crippen LogP) is 6.32. The van der Waals surface area contributed by atoms with Gasteiger partial charge in [0.1, 0.15) is 5.75 Å². The number of hydrogen-bond donors (Lipinski definition) is 0. The molecule has 1 fully saturated rings. The summed E-state index contributed by atoms with van der Waals surface area (Å²) in [6.45, 7) is 6.55. The number of carbonyl (C=O) groups is 1. The normalized spacial score (nSPS) is 16.0. The minimum absolute atomic E-state index is 0.103. The second-order valence-electron chi connectivity index (χ2n) is 8.03. The lowest BCUT2D eigenvalue weighted by molar-refractivity contribution is -0.132. The molecule has 1 saturated carbocycles. The Morgan fingerprint density at radius 3 is 2.41 bits per heavy atom. The maximum atomic E-state index is 13.0. The van der Waals surface area contributed by atoms with Crippen LogP contribution in [0.2, 0.25) is 0 Å². The minimum atomic E-state index is -0.103. The number of ether oxygens (including phenoxy) is 1. The van der Waals surface area contributed by atoms with Crippen LogP contribution in [0.4, 0.5) is 0 Å². The Kier molecular flexibility index (Phi) is 9.17. The van der Waals surface area contributed by atoms with E-state index in [2.05, 4.69) is 26.8 Å². The van der Waals surface area contributed by atoms with E-state index >= 15 is 0 Å². The van der Waals surface area contributed by atoms with Gasteiger partial charge in [0.05, 0.1) is 12.0 Å². The lowest BCUT2D eigenvalue weighted by Gasteiger charge is -2.26. The van der Waals surface area contributed by atoms with Crippen molar-refractivity contribution >= 4 is 5.91 Å². The zero-order chi connectivity index (χ0) is 19.6. The van der Waals surface area contributed by atoms with Gasteiger partial charge >= 0.3 is 0 Å². The molecule has 1 aromatic rings. The molecule has 152 valence electrons. The molecule has 0 N–H and O–H groups in total. The highest BCUT2D eigenvalue weighted by molar-refractivity contribution is 5.84. The first-order chi connectivity index (χ1) is 13.1. The average molecular weight is 374 g/mol. The van der Waals surface area contributed by atoms with Crippen LogP contribution in [0.3, 0.4) is 0 Å². The lowest BCUT2D eigenvalue weighted by atomic mass is 9.94. The van der Waals surface area contributed by atoms with Crippen LogP contribution in [0.1, 0.15) is 96.5 Å². The van der Waals surface area contributed by atoms with Crippen LogP contribution in [0.5, 0.6) is 5.75 Å². The number of para-hydroxylation sites is 1. The molecule has 1 aliphatic carbocycles. The monoisotopic (exact) mass is 373 g/mol. The van der Waals surface area contributed by atoms with Crippen molar-refractivity contribution in [3.8, 4) is 5.75 Å². The molecule has 0 heterocycles. The Balaban J connectivity index is 2.02. The van der Waals surface area contributed by atoms with E-state index in [1.54, 1.807) is 0 Å². The van der Waals surface area contributed by atoms with Gasteiger partial charge in [0.2, 0.25) is 5.91 Å². The van der Waals surface area contributed by atoms with Crippen LogP contribution >= 0.6 is 0 Å². The molecule has 27 heavy (non-hydrogen) atoms. The molecule has 1 amide bonds. The number of unbranched alkanes of at least 4 members (excludes halogenated alkanes) is 4. The molecule has 0 spiro atoms. The smallest absolute Gasteiger partial charge is 0.230 e. The number of amides is 1. The van der Waals surface area contributed by atoms with Gasteiger partial charge < -0.3 is 9.64 Å². The van der Waals surface area contributed by atoms with E-state index in [1.165, 1.54) is 32.1 Å². The minimum Gasteiger partial charge on any atom is -0.490 e. The fourth-order valence-corrected chi connectivity index (χ4v) is 3.79.